The molecule has 0 N–H and O–H groups in total. The van der Waals surface area contributed by atoms with Gasteiger partial charge in [0, 0.05) is 23.5 Å². The molecule has 0 unspecified atom stereocenters. The van der Waals surface area contributed by atoms with E-state index in [4.69, 9.17) is 9.47 Å². The Balaban J connectivity index is 1.57. The standard InChI is InChI=1S/C28H23F10N5O3/c1-3-45-23-19(7-17(8-39-23)28(36,37)38)20-9-40-24(42-10-18(29)11-42)41-21(20)12-43-13(2)22(46-25(43)44)14-4-15(26(30,31)32)6-16(5-14)27(33,34)35/h4-9,13,18,22H,3,10-12H2,1-2H3/t13-,22-/m0/s1. The highest BCUT2D eigenvalue weighted by molar-refractivity contribution is 5.74. The quantitative estimate of drug-likeness (QED) is 0.246. The van der Waals surface area contributed by atoms with Crippen LogP contribution in [0.1, 0.15) is 47.9 Å². The first-order valence-corrected chi connectivity index (χ1v) is 13.6. The summed E-state index contributed by atoms with van der Waals surface area (Å²) in [5.74, 6) is -0.269. The molecular weight excluding hydrogens is 644 g/mol. The van der Waals surface area contributed by atoms with Gasteiger partial charge in [-0.2, -0.15) is 39.5 Å². The number of carbonyl (C=O) groups is 1. The van der Waals surface area contributed by atoms with Gasteiger partial charge in [0.25, 0.3) is 0 Å². The first kappa shape index (κ1) is 33.0. The topological polar surface area (TPSA) is 80.7 Å². The summed E-state index contributed by atoms with van der Waals surface area (Å²) >= 11 is 0. The molecular formula is C28H23F10N5O3. The van der Waals surface area contributed by atoms with Gasteiger partial charge in [-0.25, -0.2) is 24.1 Å². The Labute approximate surface area is 254 Å². The fourth-order valence-corrected chi connectivity index (χ4v) is 5.01. The van der Waals surface area contributed by atoms with Gasteiger partial charge in [0.15, 0.2) is 0 Å². The van der Waals surface area contributed by atoms with Crippen LogP contribution in [0.25, 0.3) is 11.1 Å². The first-order chi connectivity index (χ1) is 21.4. The van der Waals surface area contributed by atoms with Crippen molar-refractivity contribution < 1.29 is 58.2 Å². The van der Waals surface area contributed by atoms with Gasteiger partial charge in [0.1, 0.15) is 12.3 Å². The second kappa shape index (κ2) is 11.8. The smallest absolute Gasteiger partial charge is 0.417 e. The molecule has 8 nitrogen and oxygen atoms in total. The molecule has 0 aliphatic carbocycles. The van der Waals surface area contributed by atoms with Crippen molar-refractivity contribution in [2.24, 2.45) is 0 Å². The summed E-state index contributed by atoms with van der Waals surface area (Å²) in [6.45, 7) is 2.15. The molecule has 0 saturated carbocycles. The van der Waals surface area contributed by atoms with E-state index in [9.17, 15) is 48.7 Å². The van der Waals surface area contributed by atoms with Crippen molar-refractivity contribution in [3.63, 3.8) is 0 Å². The van der Waals surface area contributed by atoms with Crippen LogP contribution in [0.15, 0.2) is 36.7 Å². The third-order valence-corrected chi connectivity index (χ3v) is 7.38. The van der Waals surface area contributed by atoms with Crippen LogP contribution < -0.4 is 9.64 Å². The molecule has 2 fully saturated rings. The number of halogens is 10. The Kier molecular flexibility index (Phi) is 8.44. The van der Waals surface area contributed by atoms with E-state index < -0.39 is 71.7 Å². The van der Waals surface area contributed by atoms with Crippen molar-refractivity contribution in [2.45, 2.75) is 57.2 Å². The number of amides is 1. The zero-order valence-electron chi connectivity index (χ0n) is 23.8. The second-order valence-corrected chi connectivity index (χ2v) is 10.6. The van der Waals surface area contributed by atoms with Crippen LogP contribution >= 0.6 is 0 Å². The highest BCUT2D eigenvalue weighted by atomic mass is 19.4. The third kappa shape index (κ3) is 6.60. The lowest BCUT2D eigenvalue weighted by Crippen LogP contribution is -2.49. The molecule has 3 aromatic rings. The van der Waals surface area contributed by atoms with Crippen molar-refractivity contribution in [1.29, 1.82) is 0 Å². The first-order valence-electron chi connectivity index (χ1n) is 13.6. The predicted molar refractivity (Wildman–Crippen MR) is 139 cm³/mol. The van der Waals surface area contributed by atoms with Crippen molar-refractivity contribution in [1.82, 2.24) is 19.9 Å². The summed E-state index contributed by atoms with van der Waals surface area (Å²) in [6, 6.07) is 0.377. The van der Waals surface area contributed by atoms with Crippen LogP contribution in [0.4, 0.5) is 54.6 Å². The predicted octanol–water partition coefficient (Wildman–Crippen LogP) is 7.23. The number of aromatic nitrogens is 3. The van der Waals surface area contributed by atoms with Gasteiger partial charge in [-0.15, -0.1) is 0 Å². The lowest BCUT2D eigenvalue weighted by atomic mass is 9.97. The third-order valence-electron chi connectivity index (χ3n) is 7.38. The van der Waals surface area contributed by atoms with Crippen LogP contribution in [0.5, 0.6) is 5.88 Å². The van der Waals surface area contributed by atoms with E-state index in [2.05, 4.69) is 15.0 Å². The van der Waals surface area contributed by atoms with Crippen molar-refractivity contribution in [3.05, 3.63) is 64.6 Å². The molecule has 1 amide bonds. The van der Waals surface area contributed by atoms with Gasteiger partial charge in [0.05, 0.1) is 54.7 Å². The van der Waals surface area contributed by atoms with Crippen LogP contribution in [0.3, 0.4) is 0 Å². The summed E-state index contributed by atoms with van der Waals surface area (Å²) in [7, 11) is 0. The fraction of sp³-hybridized carbons (Fsp3) is 0.429. The van der Waals surface area contributed by atoms with Gasteiger partial charge in [0.2, 0.25) is 11.8 Å². The normalized spacial score (nSPS) is 19.3. The van der Waals surface area contributed by atoms with Crippen molar-refractivity contribution >= 4 is 12.0 Å². The maximum atomic E-state index is 13.6. The Morgan fingerprint density at radius 1 is 0.870 bits per heavy atom. The number of cyclic esters (lactones) is 1. The van der Waals surface area contributed by atoms with Crippen LogP contribution in [-0.4, -0.2) is 57.9 Å². The zero-order chi connectivity index (χ0) is 33.8. The molecule has 1 aromatic carbocycles. The molecule has 2 atom stereocenters. The van der Waals surface area contributed by atoms with Crippen LogP contribution in [0.2, 0.25) is 0 Å². The largest absolute Gasteiger partial charge is 0.478 e. The molecule has 0 radical (unpaired) electrons. The Hall–Kier alpha value is -4.38. The summed E-state index contributed by atoms with van der Waals surface area (Å²) in [5.41, 5.74) is -5.34. The number of nitrogens with zero attached hydrogens (tertiary/aromatic N) is 5. The van der Waals surface area contributed by atoms with Gasteiger partial charge in [-0.3, -0.25) is 4.90 Å². The minimum Gasteiger partial charge on any atom is -0.478 e. The van der Waals surface area contributed by atoms with Gasteiger partial charge < -0.3 is 14.4 Å². The van der Waals surface area contributed by atoms with E-state index >= 15 is 0 Å². The molecule has 0 spiro atoms. The van der Waals surface area contributed by atoms with E-state index in [0.29, 0.717) is 18.3 Å². The number of alkyl halides is 10. The molecule has 0 bridgehead atoms. The molecule has 248 valence electrons. The number of hydrogen-bond donors (Lipinski definition) is 0. The van der Waals surface area contributed by atoms with Gasteiger partial charge in [-0.05, 0) is 43.7 Å². The number of carbonyl (C=O) groups excluding carboxylic acids is 1. The lowest BCUT2D eigenvalue weighted by Gasteiger charge is -2.34. The van der Waals surface area contributed by atoms with Crippen molar-refractivity contribution in [2.75, 3.05) is 24.6 Å². The number of anilines is 1. The minimum absolute atomic E-state index is 0.000622. The van der Waals surface area contributed by atoms with Gasteiger partial charge >= 0.3 is 24.6 Å². The van der Waals surface area contributed by atoms with Crippen LogP contribution in [-0.2, 0) is 29.8 Å². The van der Waals surface area contributed by atoms with Crippen LogP contribution in [0, 0.1) is 0 Å². The highest BCUT2D eigenvalue weighted by Gasteiger charge is 2.44. The number of rotatable bonds is 7. The minimum atomic E-state index is -5.15. The van der Waals surface area contributed by atoms with E-state index in [0.717, 1.165) is 17.2 Å². The summed E-state index contributed by atoms with van der Waals surface area (Å²) in [4.78, 5) is 27.7. The number of hydrogen-bond acceptors (Lipinski definition) is 7. The summed E-state index contributed by atoms with van der Waals surface area (Å²) in [5, 5.41) is 0. The van der Waals surface area contributed by atoms with E-state index in [1.165, 1.54) is 11.8 Å². The van der Waals surface area contributed by atoms with Crippen molar-refractivity contribution in [3.8, 4) is 17.0 Å². The molecule has 2 aromatic heterocycles. The Morgan fingerprint density at radius 3 is 2.02 bits per heavy atom. The molecule has 2 aliphatic heterocycles. The Morgan fingerprint density at radius 2 is 1.48 bits per heavy atom. The highest BCUT2D eigenvalue weighted by Crippen LogP contribution is 2.42. The number of benzene rings is 1. The summed E-state index contributed by atoms with van der Waals surface area (Å²) in [6.07, 6.45) is -17.4. The van der Waals surface area contributed by atoms with E-state index in [-0.39, 0.29) is 54.4 Å². The number of pyridine rings is 1. The van der Waals surface area contributed by atoms with E-state index in [1.54, 1.807) is 6.92 Å². The molecule has 46 heavy (non-hydrogen) atoms. The maximum Gasteiger partial charge on any atom is 0.417 e. The van der Waals surface area contributed by atoms with E-state index in [1.807, 2.05) is 0 Å². The zero-order valence-corrected chi connectivity index (χ0v) is 23.8. The molecule has 2 aliphatic rings. The SMILES string of the molecule is CCOc1ncc(C(F)(F)F)cc1-c1cnc(N2CC(F)C2)nc1CN1C(=O)O[C@H](c2cc(C(F)(F)F)cc(C(F)(F)F)c2)[C@@H]1C. The monoisotopic (exact) mass is 667 g/mol. The Bertz CT molecular complexity index is 1590. The molecule has 18 heteroatoms. The summed E-state index contributed by atoms with van der Waals surface area (Å²) < 4.78 is 146. The molecule has 4 heterocycles. The maximum absolute atomic E-state index is 13.6. The fourth-order valence-electron chi connectivity index (χ4n) is 5.01. The molecule has 5 rings (SSSR count). The molecule has 2 saturated heterocycles. The average molecular weight is 668 g/mol. The van der Waals surface area contributed by atoms with Gasteiger partial charge in [-0.1, -0.05) is 0 Å². The number of ether oxygens (including phenoxy) is 2. The lowest BCUT2D eigenvalue weighted by molar-refractivity contribution is -0.143. The average Bonchev–Trinajstić information content (AvgIpc) is 3.22. The second-order valence-electron chi connectivity index (χ2n) is 10.6.